The summed E-state index contributed by atoms with van der Waals surface area (Å²) in [6.07, 6.45) is 10.9. The molecule has 0 bridgehead atoms. The molecule has 0 aliphatic carbocycles. The van der Waals surface area contributed by atoms with Crippen molar-refractivity contribution < 1.29 is 37.2 Å². The van der Waals surface area contributed by atoms with Crippen LogP contribution in [0.5, 0.6) is 5.75 Å². The molecule has 0 saturated heterocycles. The summed E-state index contributed by atoms with van der Waals surface area (Å²) in [6, 6.07) is 8.84. The summed E-state index contributed by atoms with van der Waals surface area (Å²) in [5.74, 6) is -0.378. The van der Waals surface area contributed by atoms with Crippen molar-refractivity contribution in [2.75, 3.05) is 26.4 Å². The van der Waals surface area contributed by atoms with Crippen molar-refractivity contribution in [2.45, 2.75) is 64.2 Å². The predicted molar refractivity (Wildman–Crippen MR) is 135 cm³/mol. The highest BCUT2D eigenvalue weighted by Gasteiger charge is 2.28. The minimum absolute atomic E-state index is 0.263. The smallest absolute Gasteiger partial charge is 0.463 e. The SMILES string of the molecule is C=CC(=O)OCCCCCCCOP(=O)(OCCCCCCCOC(=O)C=C)Oc1ccccc1. The van der Waals surface area contributed by atoms with Gasteiger partial charge in [-0.05, 0) is 37.8 Å². The summed E-state index contributed by atoms with van der Waals surface area (Å²) in [7, 11) is -3.74. The Balaban J connectivity index is 2.26. The number of phosphoric ester groups is 1. The second-order valence-electron chi connectivity index (χ2n) is 7.80. The van der Waals surface area contributed by atoms with Crippen LogP contribution >= 0.6 is 7.82 Å². The van der Waals surface area contributed by atoms with E-state index in [1.54, 1.807) is 24.3 Å². The molecule has 8 nitrogen and oxygen atoms in total. The van der Waals surface area contributed by atoms with E-state index in [0.29, 0.717) is 31.8 Å². The van der Waals surface area contributed by atoms with E-state index in [9.17, 15) is 14.2 Å². The molecule has 0 radical (unpaired) electrons. The molecule has 0 amide bonds. The first-order valence-electron chi connectivity index (χ1n) is 12.2. The minimum atomic E-state index is -3.74. The van der Waals surface area contributed by atoms with Gasteiger partial charge in [0.25, 0.3) is 0 Å². The third-order valence-corrected chi connectivity index (χ3v) is 6.29. The number of ether oxygens (including phenoxy) is 2. The van der Waals surface area contributed by atoms with Crippen LogP contribution in [0.2, 0.25) is 0 Å². The molecule has 0 fully saturated rings. The normalized spacial score (nSPS) is 11.0. The summed E-state index contributed by atoms with van der Waals surface area (Å²) in [5.41, 5.74) is 0. The van der Waals surface area contributed by atoms with Crippen LogP contribution in [-0.4, -0.2) is 38.4 Å². The van der Waals surface area contributed by atoms with Gasteiger partial charge in [-0.25, -0.2) is 14.2 Å². The monoisotopic (exact) mass is 510 g/mol. The number of phosphoric acid groups is 1. The molecule has 0 aliphatic rings. The van der Waals surface area contributed by atoms with Crippen molar-refractivity contribution in [1.29, 1.82) is 0 Å². The van der Waals surface area contributed by atoms with Crippen LogP contribution in [0.15, 0.2) is 55.6 Å². The van der Waals surface area contributed by atoms with E-state index in [-0.39, 0.29) is 13.2 Å². The highest BCUT2D eigenvalue weighted by atomic mass is 31.2. The van der Waals surface area contributed by atoms with Gasteiger partial charge < -0.3 is 14.0 Å². The third kappa shape index (κ3) is 16.8. The van der Waals surface area contributed by atoms with Gasteiger partial charge in [0.1, 0.15) is 5.75 Å². The molecule has 1 aromatic carbocycles. The molecule has 0 spiro atoms. The van der Waals surface area contributed by atoms with Crippen molar-refractivity contribution in [3.8, 4) is 5.75 Å². The van der Waals surface area contributed by atoms with Gasteiger partial charge in [0.2, 0.25) is 0 Å². The van der Waals surface area contributed by atoms with Crippen molar-refractivity contribution in [3.05, 3.63) is 55.6 Å². The third-order valence-electron chi connectivity index (χ3n) is 4.86. The first-order valence-corrected chi connectivity index (χ1v) is 13.7. The number of unbranched alkanes of at least 4 members (excludes halogenated alkanes) is 8. The topological polar surface area (TPSA) is 97.4 Å². The van der Waals surface area contributed by atoms with Crippen LogP contribution in [0, 0.1) is 0 Å². The van der Waals surface area contributed by atoms with E-state index >= 15 is 0 Å². The molecule has 0 heterocycles. The Hall–Kier alpha value is -2.41. The van der Waals surface area contributed by atoms with E-state index in [4.69, 9.17) is 23.0 Å². The van der Waals surface area contributed by atoms with Gasteiger partial charge >= 0.3 is 19.8 Å². The number of carbonyl (C=O) groups excluding carboxylic acids is 2. The fraction of sp³-hybridized carbons (Fsp3) is 0.538. The Kier molecular flexibility index (Phi) is 17.4. The molecule has 0 aliphatic heterocycles. The summed E-state index contributed by atoms with van der Waals surface area (Å²) in [4.78, 5) is 22.0. The number of hydrogen-bond donors (Lipinski definition) is 0. The van der Waals surface area contributed by atoms with Crippen molar-refractivity contribution in [3.63, 3.8) is 0 Å². The first-order chi connectivity index (χ1) is 17.0. The molecule has 1 rings (SSSR count). The van der Waals surface area contributed by atoms with Gasteiger partial charge in [0.15, 0.2) is 0 Å². The Labute approximate surface area is 209 Å². The molecular weight excluding hydrogens is 471 g/mol. The van der Waals surface area contributed by atoms with Crippen LogP contribution in [0.4, 0.5) is 0 Å². The zero-order valence-corrected chi connectivity index (χ0v) is 21.5. The van der Waals surface area contributed by atoms with Crippen LogP contribution in [0.25, 0.3) is 0 Å². The van der Waals surface area contributed by atoms with Crippen LogP contribution < -0.4 is 4.52 Å². The van der Waals surface area contributed by atoms with Gasteiger partial charge in [-0.15, -0.1) is 0 Å². The number of para-hydroxylation sites is 1. The Morgan fingerprint density at radius 1 is 0.657 bits per heavy atom. The quantitative estimate of drug-likeness (QED) is 0.0748. The van der Waals surface area contributed by atoms with Gasteiger partial charge in [0, 0.05) is 12.2 Å². The molecule has 0 unspecified atom stereocenters. The molecule has 0 N–H and O–H groups in total. The summed E-state index contributed by atoms with van der Waals surface area (Å²) < 4.78 is 39.7. The Bertz CT molecular complexity index is 739. The Morgan fingerprint density at radius 3 is 1.49 bits per heavy atom. The molecule has 9 heteroatoms. The number of carbonyl (C=O) groups is 2. The largest absolute Gasteiger partial charge is 0.530 e. The predicted octanol–water partition coefficient (Wildman–Crippen LogP) is 6.57. The molecule has 1 aromatic rings. The van der Waals surface area contributed by atoms with Gasteiger partial charge in [0.05, 0.1) is 26.4 Å². The van der Waals surface area contributed by atoms with Crippen LogP contribution in [-0.2, 0) is 32.7 Å². The van der Waals surface area contributed by atoms with Crippen LogP contribution in [0.3, 0.4) is 0 Å². The summed E-state index contributed by atoms with van der Waals surface area (Å²) in [5, 5.41) is 0. The standard InChI is InChI=1S/C26H39O8P/c1-3-25(27)30-20-14-7-5-9-16-22-32-35(29,34-24-18-12-11-13-19-24)33-23-17-10-6-8-15-21-31-26(28)4-2/h3-4,11-13,18-19H,1-2,5-10,14-17,20-23H2. The van der Waals surface area contributed by atoms with E-state index in [1.807, 2.05) is 6.07 Å². The lowest BCUT2D eigenvalue weighted by Crippen LogP contribution is -2.05. The van der Waals surface area contributed by atoms with Gasteiger partial charge in [-0.1, -0.05) is 69.9 Å². The summed E-state index contributed by atoms with van der Waals surface area (Å²) in [6.45, 7) is 8.01. The van der Waals surface area contributed by atoms with E-state index in [1.165, 1.54) is 0 Å². The van der Waals surface area contributed by atoms with Gasteiger partial charge in [-0.3, -0.25) is 9.05 Å². The second kappa shape index (κ2) is 19.8. The zero-order chi connectivity index (χ0) is 25.6. The summed E-state index contributed by atoms with van der Waals surface area (Å²) >= 11 is 0. The average molecular weight is 511 g/mol. The fourth-order valence-corrected chi connectivity index (χ4v) is 4.25. The molecule has 0 aromatic heterocycles. The molecule has 0 saturated carbocycles. The lowest BCUT2D eigenvalue weighted by molar-refractivity contribution is -0.138. The maximum absolute atomic E-state index is 13.1. The van der Waals surface area contributed by atoms with Crippen molar-refractivity contribution in [2.24, 2.45) is 0 Å². The highest BCUT2D eigenvalue weighted by Crippen LogP contribution is 2.49. The zero-order valence-electron chi connectivity index (χ0n) is 20.6. The second-order valence-corrected chi connectivity index (χ2v) is 9.39. The van der Waals surface area contributed by atoms with Gasteiger partial charge in [-0.2, -0.15) is 0 Å². The maximum Gasteiger partial charge on any atom is 0.530 e. The van der Waals surface area contributed by atoms with E-state index < -0.39 is 19.8 Å². The van der Waals surface area contributed by atoms with Crippen molar-refractivity contribution in [1.82, 2.24) is 0 Å². The highest BCUT2D eigenvalue weighted by molar-refractivity contribution is 7.48. The first kappa shape index (κ1) is 30.6. The lowest BCUT2D eigenvalue weighted by atomic mass is 10.1. The number of benzene rings is 1. The van der Waals surface area contributed by atoms with Crippen LogP contribution in [0.1, 0.15) is 64.2 Å². The lowest BCUT2D eigenvalue weighted by Gasteiger charge is -2.18. The number of hydrogen-bond acceptors (Lipinski definition) is 8. The average Bonchev–Trinajstić information content (AvgIpc) is 2.86. The fourth-order valence-electron chi connectivity index (χ4n) is 2.99. The van der Waals surface area contributed by atoms with E-state index in [2.05, 4.69) is 13.2 Å². The molecular formula is C26H39O8P. The van der Waals surface area contributed by atoms with E-state index in [0.717, 1.165) is 63.5 Å². The van der Waals surface area contributed by atoms with Crippen molar-refractivity contribution >= 4 is 19.8 Å². The number of rotatable bonds is 22. The maximum atomic E-state index is 13.1. The molecule has 196 valence electrons. The molecule has 0 atom stereocenters. The minimum Gasteiger partial charge on any atom is -0.463 e. The molecule has 35 heavy (non-hydrogen) atoms. The number of esters is 2. The Morgan fingerprint density at radius 2 is 1.06 bits per heavy atom.